The Bertz CT molecular complexity index is 483. The van der Waals surface area contributed by atoms with Crippen LogP contribution in [0.2, 0.25) is 0 Å². The summed E-state index contributed by atoms with van der Waals surface area (Å²) in [5.41, 5.74) is 10.6. The van der Waals surface area contributed by atoms with Crippen LogP contribution in [0.15, 0.2) is 29.4 Å². The van der Waals surface area contributed by atoms with Crippen LogP contribution in [0.5, 0.6) is 0 Å². The molecule has 3 N–H and O–H groups in total. The van der Waals surface area contributed by atoms with Crippen LogP contribution in [-0.2, 0) is 4.79 Å². The van der Waals surface area contributed by atoms with Crippen LogP contribution < -0.4 is 21.2 Å². The lowest BCUT2D eigenvalue weighted by Crippen LogP contribution is -2.41. The van der Waals surface area contributed by atoms with E-state index in [1.54, 1.807) is 6.21 Å². The summed E-state index contributed by atoms with van der Waals surface area (Å²) in [6.07, 6.45) is 2.40. The SMILES string of the molecule is CC1CC(C(=O)N/N=C/c2ccc(N(C)C)cc2)NN1. The van der Waals surface area contributed by atoms with Gasteiger partial charge >= 0.3 is 0 Å². The molecule has 1 amide bonds. The molecule has 6 heteroatoms. The molecule has 0 spiro atoms. The maximum Gasteiger partial charge on any atom is 0.258 e. The largest absolute Gasteiger partial charge is 0.378 e. The highest BCUT2D eigenvalue weighted by Gasteiger charge is 2.26. The third-order valence-corrected chi connectivity index (χ3v) is 3.21. The predicted octanol–water partition coefficient (Wildman–Crippen LogP) is 0.458. The lowest BCUT2D eigenvalue weighted by Gasteiger charge is -2.11. The number of amides is 1. The van der Waals surface area contributed by atoms with Gasteiger partial charge in [-0.2, -0.15) is 5.10 Å². The fourth-order valence-corrected chi connectivity index (χ4v) is 1.99. The van der Waals surface area contributed by atoms with Crippen molar-refractivity contribution in [3.8, 4) is 0 Å². The molecule has 1 aromatic carbocycles. The smallest absolute Gasteiger partial charge is 0.258 e. The molecule has 0 aromatic heterocycles. The number of nitrogens with zero attached hydrogens (tertiary/aromatic N) is 2. The van der Waals surface area contributed by atoms with Gasteiger partial charge in [0.1, 0.15) is 6.04 Å². The number of rotatable bonds is 4. The van der Waals surface area contributed by atoms with Crippen molar-refractivity contribution in [3.63, 3.8) is 0 Å². The average molecular weight is 275 g/mol. The van der Waals surface area contributed by atoms with Gasteiger partial charge in [-0.3, -0.25) is 10.2 Å². The number of benzene rings is 1. The maximum absolute atomic E-state index is 11.8. The minimum Gasteiger partial charge on any atom is -0.378 e. The van der Waals surface area contributed by atoms with Gasteiger partial charge in [-0.25, -0.2) is 10.9 Å². The summed E-state index contributed by atoms with van der Waals surface area (Å²) in [5.74, 6) is -0.122. The van der Waals surface area contributed by atoms with Crippen LogP contribution in [0.3, 0.4) is 0 Å². The van der Waals surface area contributed by atoms with Crippen LogP contribution >= 0.6 is 0 Å². The molecule has 6 nitrogen and oxygen atoms in total. The molecule has 0 aliphatic carbocycles. The lowest BCUT2D eigenvalue weighted by molar-refractivity contribution is -0.122. The van der Waals surface area contributed by atoms with Crippen molar-refractivity contribution >= 4 is 17.8 Å². The molecule has 1 aliphatic heterocycles. The van der Waals surface area contributed by atoms with Crippen LogP contribution in [0.25, 0.3) is 0 Å². The van der Waals surface area contributed by atoms with E-state index in [-0.39, 0.29) is 11.9 Å². The molecule has 20 heavy (non-hydrogen) atoms. The minimum absolute atomic E-state index is 0.122. The fourth-order valence-electron chi connectivity index (χ4n) is 1.99. The van der Waals surface area contributed by atoms with Gasteiger partial charge in [-0.1, -0.05) is 12.1 Å². The van der Waals surface area contributed by atoms with Crippen LogP contribution in [0, 0.1) is 0 Å². The van der Waals surface area contributed by atoms with E-state index < -0.39 is 0 Å². The van der Waals surface area contributed by atoms with Crippen LogP contribution in [-0.4, -0.2) is 38.3 Å². The number of hydrogen-bond donors (Lipinski definition) is 3. The summed E-state index contributed by atoms with van der Waals surface area (Å²) >= 11 is 0. The monoisotopic (exact) mass is 275 g/mol. The maximum atomic E-state index is 11.8. The number of nitrogens with one attached hydrogen (secondary N) is 3. The summed E-state index contributed by atoms with van der Waals surface area (Å²) in [7, 11) is 3.99. The molecule has 0 radical (unpaired) electrons. The number of hydrogen-bond acceptors (Lipinski definition) is 5. The molecule has 108 valence electrons. The zero-order chi connectivity index (χ0) is 14.5. The minimum atomic E-state index is -0.224. The first kappa shape index (κ1) is 14.5. The van der Waals surface area contributed by atoms with Gasteiger partial charge < -0.3 is 4.90 Å². The van der Waals surface area contributed by atoms with E-state index in [2.05, 4.69) is 21.4 Å². The Balaban J connectivity index is 1.85. The van der Waals surface area contributed by atoms with Gasteiger partial charge in [0.05, 0.1) is 6.21 Å². The second-order valence-electron chi connectivity index (χ2n) is 5.20. The molecule has 1 fully saturated rings. The molecule has 1 aromatic rings. The van der Waals surface area contributed by atoms with Crippen molar-refractivity contribution < 1.29 is 4.79 Å². The Labute approximate surface area is 119 Å². The van der Waals surface area contributed by atoms with Crippen molar-refractivity contribution in [1.29, 1.82) is 0 Å². The number of carbonyl (C=O) groups excluding carboxylic acids is 1. The Morgan fingerprint density at radius 3 is 2.60 bits per heavy atom. The van der Waals surface area contributed by atoms with Crippen molar-refractivity contribution in [3.05, 3.63) is 29.8 Å². The van der Waals surface area contributed by atoms with Gasteiger partial charge in [0.2, 0.25) is 0 Å². The highest BCUT2D eigenvalue weighted by molar-refractivity contribution is 5.85. The predicted molar refractivity (Wildman–Crippen MR) is 80.6 cm³/mol. The van der Waals surface area contributed by atoms with E-state index in [1.165, 1.54) is 0 Å². The summed E-state index contributed by atoms with van der Waals surface area (Å²) in [6, 6.07) is 8.01. The standard InChI is InChI=1S/C14H21N5O/c1-10-8-13(17-16-10)14(20)18-15-9-11-4-6-12(7-5-11)19(2)3/h4-7,9-10,13,16-17H,8H2,1-3H3,(H,18,20)/b15-9+. The molecule has 0 bridgehead atoms. The number of hydrazine groups is 1. The van der Waals surface area contributed by atoms with E-state index >= 15 is 0 Å². The van der Waals surface area contributed by atoms with Crippen molar-refractivity contribution in [2.45, 2.75) is 25.4 Å². The third kappa shape index (κ3) is 3.79. The van der Waals surface area contributed by atoms with E-state index in [0.29, 0.717) is 6.04 Å². The van der Waals surface area contributed by atoms with Crippen LogP contribution in [0.4, 0.5) is 5.69 Å². The third-order valence-electron chi connectivity index (χ3n) is 3.21. The van der Waals surface area contributed by atoms with Gasteiger partial charge in [0, 0.05) is 25.8 Å². The second kappa shape index (κ2) is 6.49. The molecular formula is C14H21N5O. The summed E-state index contributed by atoms with van der Waals surface area (Å²) in [4.78, 5) is 13.8. The highest BCUT2D eigenvalue weighted by Crippen LogP contribution is 2.10. The highest BCUT2D eigenvalue weighted by atomic mass is 16.2. The Kier molecular flexibility index (Phi) is 4.70. The summed E-state index contributed by atoms with van der Waals surface area (Å²) in [6.45, 7) is 2.02. The van der Waals surface area contributed by atoms with Gasteiger partial charge in [0.15, 0.2) is 0 Å². The van der Waals surface area contributed by atoms with E-state index in [1.807, 2.05) is 50.2 Å². The first-order chi connectivity index (χ1) is 9.56. The zero-order valence-electron chi connectivity index (χ0n) is 12.1. The summed E-state index contributed by atoms with van der Waals surface area (Å²) < 4.78 is 0. The average Bonchev–Trinajstić information content (AvgIpc) is 2.86. The molecule has 1 aliphatic rings. The topological polar surface area (TPSA) is 68.8 Å². The normalized spacial score (nSPS) is 22.1. The first-order valence-corrected chi connectivity index (χ1v) is 6.67. The molecular weight excluding hydrogens is 254 g/mol. The molecule has 1 saturated heterocycles. The van der Waals surface area contributed by atoms with Crippen molar-refractivity contribution in [1.82, 2.24) is 16.3 Å². The van der Waals surface area contributed by atoms with Gasteiger partial charge in [0.25, 0.3) is 5.91 Å². The Morgan fingerprint density at radius 2 is 2.05 bits per heavy atom. The molecule has 0 saturated carbocycles. The number of carbonyl (C=O) groups is 1. The second-order valence-corrected chi connectivity index (χ2v) is 5.20. The lowest BCUT2D eigenvalue weighted by atomic mass is 10.1. The molecule has 2 unspecified atom stereocenters. The quantitative estimate of drug-likeness (QED) is 0.551. The van der Waals surface area contributed by atoms with Crippen LogP contribution in [0.1, 0.15) is 18.9 Å². The van der Waals surface area contributed by atoms with Crippen molar-refractivity contribution in [2.24, 2.45) is 5.10 Å². The Hall–Kier alpha value is -1.92. The first-order valence-electron chi connectivity index (χ1n) is 6.67. The van der Waals surface area contributed by atoms with Gasteiger partial charge in [-0.15, -0.1) is 0 Å². The molecule has 2 rings (SSSR count). The van der Waals surface area contributed by atoms with E-state index in [9.17, 15) is 4.79 Å². The van der Waals surface area contributed by atoms with Gasteiger partial charge in [-0.05, 0) is 31.0 Å². The molecule has 1 heterocycles. The Morgan fingerprint density at radius 1 is 1.35 bits per heavy atom. The summed E-state index contributed by atoms with van der Waals surface area (Å²) in [5, 5.41) is 3.98. The molecule has 2 atom stereocenters. The number of anilines is 1. The van der Waals surface area contributed by atoms with E-state index in [4.69, 9.17) is 0 Å². The zero-order valence-corrected chi connectivity index (χ0v) is 12.1. The number of hydrazone groups is 1. The fraction of sp³-hybridized carbons (Fsp3) is 0.429. The van der Waals surface area contributed by atoms with E-state index in [0.717, 1.165) is 17.7 Å². The van der Waals surface area contributed by atoms with Crippen molar-refractivity contribution in [2.75, 3.05) is 19.0 Å².